The average molecular weight is 227 g/mol. The average Bonchev–Trinajstić information content (AvgIpc) is 2.42. The summed E-state index contributed by atoms with van der Waals surface area (Å²) in [5, 5.41) is 12.1. The van der Waals surface area contributed by atoms with Crippen LogP contribution in [-0.4, -0.2) is 28.0 Å². The van der Waals surface area contributed by atoms with Crippen LogP contribution in [0.4, 0.5) is 0 Å². The Bertz CT molecular complexity index is 253. The van der Waals surface area contributed by atoms with Crippen LogP contribution in [0.1, 0.15) is 39.5 Å². The van der Waals surface area contributed by atoms with Crippen molar-refractivity contribution in [3.63, 3.8) is 0 Å². The van der Waals surface area contributed by atoms with E-state index < -0.39 is 5.60 Å². The van der Waals surface area contributed by atoms with Crippen LogP contribution in [0, 0.1) is 5.92 Å². The Balaban J connectivity index is 1.86. The van der Waals surface area contributed by atoms with Crippen LogP contribution in [0.15, 0.2) is 11.1 Å². The summed E-state index contributed by atoms with van der Waals surface area (Å²) in [5.74, 6) is 1.94. The van der Waals surface area contributed by atoms with E-state index in [1.165, 1.54) is 31.4 Å². The highest BCUT2D eigenvalue weighted by Crippen LogP contribution is 2.36. The van der Waals surface area contributed by atoms with Gasteiger partial charge in [-0.2, -0.15) is 0 Å². The van der Waals surface area contributed by atoms with E-state index in [1.807, 2.05) is 25.6 Å². The molecule has 1 N–H and O–H groups in total. The molecule has 1 heterocycles. The third kappa shape index (κ3) is 3.15. The van der Waals surface area contributed by atoms with Gasteiger partial charge in [0, 0.05) is 12.2 Å². The Hall–Kier alpha value is -0.150. The maximum Gasteiger partial charge on any atom is 0.0766 e. The van der Waals surface area contributed by atoms with Crippen LogP contribution in [0.5, 0.6) is 0 Å². The minimum Gasteiger partial charge on any atom is -0.389 e. The van der Waals surface area contributed by atoms with Crippen molar-refractivity contribution in [1.82, 2.24) is 4.90 Å². The first kappa shape index (κ1) is 11.3. The summed E-state index contributed by atoms with van der Waals surface area (Å²) in [4.78, 5) is 2.34. The van der Waals surface area contributed by atoms with E-state index in [2.05, 4.69) is 10.3 Å². The third-order valence-electron chi connectivity index (χ3n) is 3.16. The molecule has 0 unspecified atom stereocenters. The monoisotopic (exact) mass is 227 g/mol. The van der Waals surface area contributed by atoms with Gasteiger partial charge in [0.2, 0.25) is 0 Å². The van der Waals surface area contributed by atoms with Gasteiger partial charge in [0.25, 0.3) is 0 Å². The highest BCUT2D eigenvalue weighted by atomic mass is 32.2. The highest BCUT2D eigenvalue weighted by Gasteiger charge is 2.26. The smallest absolute Gasteiger partial charge is 0.0766 e. The second-order valence-corrected chi connectivity index (χ2v) is 6.24. The molecule has 0 spiro atoms. The van der Waals surface area contributed by atoms with Crippen molar-refractivity contribution in [3.05, 3.63) is 11.1 Å². The van der Waals surface area contributed by atoms with Crippen molar-refractivity contribution in [2.24, 2.45) is 5.92 Å². The molecule has 86 valence electrons. The topological polar surface area (TPSA) is 23.5 Å². The number of rotatable bonds is 4. The lowest BCUT2D eigenvalue weighted by Gasteiger charge is -2.32. The van der Waals surface area contributed by atoms with E-state index >= 15 is 0 Å². The third-order valence-corrected chi connectivity index (χ3v) is 4.06. The van der Waals surface area contributed by atoms with Crippen molar-refractivity contribution >= 4 is 11.8 Å². The molecule has 0 saturated heterocycles. The fourth-order valence-electron chi connectivity index (χ4n) is 2.17. The first-order valence-corrected chi connectivity index (χ1v) is 6.87. The molecule has 0 aromatic rings. The predicted octanol–water partition coefficient (Wildman–Crippen LogP) is 2.80. The highest BCUT2D eigenvalue weighted by molar-refractivity contribution is 8.02. The van der Waals surface area contributed by atoms with E-state index in [-0.39, 0.29) is 0 Å². The number of thioether (sulfide) groups is 1. The van der Waals surface area contributed by atoms with Crippen LogP contribution in [-0.2, 0) is 0 Å². The molecule has 0 radical (unpaired) electrons. The summed E-state index contributed by atoms with van der Waals surface area (Å²) in [6, 6.07) is 0. The van der Waals surface area contributed by atoms with Crippen LogP contribution >= 0.6 is 11.8 Å². The van der Waals surface area contributed by atoms with Crippen LogP contribution in [0.2, 0.25) is 0 Å². The SMILES string of the molecule is CC(C)(O)CN1CSC=C1CC1CCC1. The van der Waals surface area contributed by atoms with Gasteiger partial charge >= 0.3 is 0 Å². The maximum absolute atomic E-state index is 9.82. The molecule has 0 amide bonds. The van der Waals surface area contributed by atoms with Crippen molar-refractivity contribution in [3.8, 4) is 0 Å². The van der Waals surface area contributed by atoms with E-state index in [9.17, 15) is 5.11 Å². The molecular weight excluding hydrogens is 206 g/mol. The van der Waals surface area contributed by atoms with Crippen LogP contribution in [0.25, 0.3) is 0 Å². The summed E-state index contributed by atoms with van der Waals surface area (Å²) >= 11 is 1.86. The number of hydrogen-bond acceptors (Lipinski definition) is 3. The van der Waals surface area contributed by atoms with Gasteiger partial charge in [-0.25, -0.2) is 0 Å². The van der Waals surface area contributed by atoms with Gasteiger partial charge in [0.05, 0.1) is 11.5 Å². The van der Waals surface area contributed by atoms with Crippen molar-refractivity contribution in [1.29, 1.82) is 0 Å². The molecule has 1 aliphatic carbocycles. The Morgan fingerprint density at radius 1 is 1.53 bits per heavy atom. The summed E-state index contributed by atoms with van der Waals surface area (Å²) in [6.07, 6.45) is 5.44. The van der Waals surface area contributed by atoms with E-state index in [0.717, 1.165) is 18.3 Å². The molecule has 2 rings (SSSR count). The normalized spacial score (nSPS) is 22.9. The van der Waals surface area contributed by atoms with Gasteiger partial charge in [0.15, 0.2) is 0 Å². The Labute approximate surface area is 96.7 Å². The second-order valence-electron chi connectivity index (χ2n) is 5.42. The van der Waals surface area contributed by atoms with Crippen molar-refractivity contribution in [2.75, 3.05) is 12.4 Å². The zero-order valence-corrected chi connectivity index (χ0v) is 10.5. The summed E-state index contributed by atoms with van der Waals surface area (Å²) in [7, 11) is 0. The fourth-order valence-corrected chi connectivity index (χ4v) is 3.11. The Morgan fingerprint density at radius 2 is 2.27 bits per heavy atom. The molecule has 1 aliphatic heterocycles. The van der Waals surface area contributed by atoms with Crippen molar-refractivity contribution in [2.45, 2.75) is 45.1 Å². The van der Waals surface area contributed by atoms with Gasteiger partial charge in [-0.15, -0.1) is 11.8 Å². The number of allylic oxidation sites excluding steroid dienone is 1. The maximum atomic E-state index is 9.82. The molecule has 0 atom stereocenters. The minimum atomic E-state index is -0.580. The van der Waals surface area contributed by atoms with E-state index in [0.29, 0.717) is 0 Å². The fraction of sp³-hybridized carbons (Fsp3) is 0.833. The lowest BCUT2D eigenvalue weighted by atomic mass is 9.82. The summed E-state index contributed by atoms with van der Waals surface area (Å²) < 4.78 is 0. The zero-order valence-electron chi connectivity index (χ0n) is 9.70. The molecule has 0 aromatic carbocycles. The van der Waals surface area contributed by atoms with Gasteiger partial charge < -0.3 is 10.0 Å². The first-order valence-electron chi connectivity index (χ1n) is 5.82. The van der Waals surface area contributed by atoms with Gasteiger partial charge in [-0.3, -0.25) is 0 Å². The van der Waals surface area contributed by atoms with Crippen molar-refractivity contribution < 1.29 is 5.11 Å². The molecule has 1 fully saturated rings. The van der Waals surface area contributed by atoms with Crippen LogP contribution in [0.3, 0.4) is 0 Å². The molecule has 1 saturated carbocycles. The number of aliphatic hydroxyl groups is 1. The zero-order chi connectivity index (χ0) is 10.9. The standard InChI is InChI=1S/C12H21NOS/c1-12(2,14)8-13-9-15-7-11(13)6-10-4-3-5-10/h7,10,14H,3-6,8-9H2,1-2H3. The predicted molar refractivity (Wildman–Crippen MR) is 65.5 cm³/mol. The lowest BCUT2D eigenvalue weighted by molar-refractivity contribution is 0.0506. The molecule has 2 nitrogen and oxygen atoms in total. The molecule has 2 aliphatic rings. The second kappa shape index (κ2) is 4.38. The largest absolute Gasteiger partial charge is 0.389 e. The summed E-state index contributed by atoms with van der Waals surface area (Å²) in [6.45, 7) is 4.53. The number of nitrogens with zero attached hydrogens (tertiary/aromatic N) is 1. The van der Waals surface area contributed by atoms with Gasteiger partial charge in [-0.05, 0) is 31.6 Å². The summed E-state index contributed by atoms with van der Waals surface area (Å²) in [5.41, 5.74) is 0.871. The van der Waals surface area contributed by atoms with Gasteiger partial charge in [0.1, 0.15) is 0 Å². The molecular formula is C12H21NOS. The number of hydrogen-bond donors (Lipinski definition) is 1. The van der Waals surface area contributed by atoms with E-state index in [4.69, 9.17) is 0 Å². The Morgan fingerprint density at radius 3 is 2.80 bits per heavy atom. The quantitative estimate of drug-likeness (QED) is 0.799. The Kier molecular flexibility index (Phi) is 3.31. The number of β-amino-alcohol motifs (C(OH)–C–C–N with tert-alkyl or cyclic N) is 1. The lowest BCUT2D eigenvalue weighted by Crippen LogP contribution is -2.37. The van der Waals surface area contributed by atoms with E-state index in [1.54, 1.807) is 0 Å². The van der Waals surface area contributed by atoms with Crippen LogP contribution < -0.4 is 0 Å². The first-order chi connectivity index (χ1) is 7.04. The molecule has 0 bridgehead atoms. The molecule has 3 heteroatoms. The van der Waals surface area contributed by atoms with Gasteiger partial charge in [-0.1, -0.05) is 19.3 Å². The molecule has 15 heavy (non-hydrogen) atoms. The minimum absolute atomic E-state index is 0.580. The molecule has 0 aromatic heterocycles.